The van der Waals surface area contributed by atoms with Crippen LogP contribution in [0.1, 0.15) is 23.8 Å². The lowest BCUT2D eigenvalue weighted by Gasteiger charge is -2.16. The second kappa shape index (κ2) is 5.32. The summed E-state index contributed by atoms with van der Waals surface area (Å²) < 4.78 is 4.69. The van der Waals surface area contributed by atoms with E-state index >= 15 is 0 Å². The van der Waals surface area contributed by atoms with Crippen molar-refractivity contribution in [2.45, 2.75) is 18.9 Å². The Morgan fingerprint density at radius 1 is 1.69 bits per heavy atom. The van der Waals surface area contributed by atoms with Gasteiger partial charge in [0.1, 0.15) is 6.61 Å². The summed E-state index contributed by atoms with van der Waals surface area (Å²) in [6.07, 6.45) is 1.86. The highest BCUT2D eigenvalue weighted by atomic mass is 32.1. The number of rotatable bonds is 6. The molecular formula is C11H16N2O2S. The van der Waals surface area contributed by atoms with Gasteiger partial charge >= 0.3 is 6.09 Å². The molecule has 1 aliphatic rings. The van der Waals surface area contributed by atoms with Crippen molar-refractivity contribution in [2.24, 2.45) is 11.7 Å². The summed E-state index contributed by atoms with van der Waals surface area (Å²) in [5, 5.41) is 5.51. The van der Waals surface area contributed by atoms with Gasteiger partial charge in [0.25, 0.3) is 0 Å². The third-order valence-electron chi connectivity index (χ3n) is 2.65. The van der Waals surface area contributed by atoms with Crippen molar-refractivity contribution in [3.05, 3.63) is 22.4 Å². The molecule has 0 saturated heterocycles. The normalized spacial score (nSPS) is 17.0. The Kier molecular flexibility index (Phi) is 3.79. The summed E-state index contributed by atoms with van der Waals surface area (Å²) in [5.74, 6) is 0.743. The lowest BCUT2D eigenvalue weighted by molar-refractivity contribution is 0.155. The molecule has 0 bridgehead atoms. The molecule has 1 aromatic rings. The van der Waals surface area contributed by atoms with Crippen LogP contribution in [-0.2, 0) is 4.74 Å². The van der Waals surface area contributed by atoms with E-state index in [2.05, 4.69) is 27.6 Å². The molecular weight excluding hydrogens is 224 g/mol. The predicted octanol–water partition coefficient (Wildman–Crippen LogP) is 1.88. The van der Waals surface area contributed by atoms with Crippen LogP contribution >= 0.6 is 11.3 Å². The minimum Gasteiger partial charge on any atom is -0.448 e. The van der Waals surface area contributed by atoms with E-state index in [1.54, 1.807) is 11.3 Å². The van der Waals surface area contributed by atoms with Gasteiger partial charge in [-0.05, 0) is 30.2 Å². The fourth-order valence-electron chi connectivity index (χ4n) is 1.76. The Bertz CT molecular complexity index is 336. The number of ether oxygens (including phenoxy) is 1. The topological polar surface area (TPSA) is 64.4 Å². The number of thiophene rings is 1. The molecule has 88 valence electrons. The Balaban J connectivity index is 1.78. The van der Waals surface area contributed by atoms with Crippen molar-refractivity contribution in [1.82, 2.24) is 5.32 Å². The molecule has 1 fully saturated rings. The molecule has 1 aliphatic carbocycles. The Hall–Kier alpha value is -1.07. The number of primary amides is 1. The van der Waals surface area contributed by atoms with Crippen molar-refractivity contribution in [3.63, 3.8) is 0 Å². The molecule has 1 aromatic heterocycles. The van der Waals surface area contributed by atoms with E-state index in [1.165, 1.54) is 17.7 Å². The summed E-state index contributed by atoms with van der Waals surface area (Å²) >= 11 is 1.77. The minimum atomic E-state index is -0.708. The molecule has 5 heteroatoms. The average Bonchev–Trinajstić information content (AvgIpc) is 2.93. The quantitative estimate of drug-likeness (QED) is 0.746. The SMILES string of the molecule is NC(=O)OCCNC(c1cccs1)C1CC1. The first-order valence-corrected chi connectivity index (χ1v) is 6.34. The fourth-order valence-corrected chi connectivity index (χ4v) is 2.66. The van der Waals surface area contributed by atoms with Gasteiger partial charge in [0.05, 0.1) is 0 Å². The second-order valence-corrected chi connectivity index (χ2v) is 4.93. The van der Waals surface area contributed by atoms with Gasteiger partial charge in [-0.2, -0.15) is 0 Å². The maximum Gasteiger partial charge on any atom is 0.404 e. The Morgan fingerprint density at radius 3 is 3.06 bits per heavy atom. The van der Waals surface area contributed by atoms with Gasteiger partial charge in [0, 0.05) is 17.5 Å². The van der Waals surface area contributed by atoms with Crippen LogP contribution in [0.5, 0.6) is 0 Å². The summed E-state index contributed by atoms with van der Waals surface area (Å²) in [7, 11) is 0. The van der Waals surface area contributed by atoms with Gasteiger partial charge in [0.2, 0.25) is 0 Å². The number of hydrogen-bond donors (Lipinski definition) is 2. The Labute approximate surface area is 98.8 Å². The zero-order valence-electron chi connectivity index (χ0n) is 9.02. The largest absolute Gasteiger partial charge is 0.448 e. The van der Waals surface area contributed by atoms with Crippen molar-refractivity contribution in [2.75, 3.05) is 13.2 Å². The van der Waals surface area contributed by atoms with Crippen LogP contribution in [0.15, 0.2) is 17.5 Å². The third-order valence-corrected chi connectivity index (χ3v) is 3.61. The molecule has 0 spiro atoms. The number of amides is 1. The molecule has 0 aromatic carbocycles. The molecule has 1 atom stereocenters. The highest BCUT2D eigenvalue weighted by Gasteiger charge is 2.32. The first-order chi connectivity index (χ1) is 7.77. The summed E-state index contributed by atoms with van der Waals surface area (Å²) in [5.41, 5.74) is 4.89. The van der Waals surface area contributed by atoms with Crippen LogP contribution in [0.25, 0.3) is 0 Å². The maximum atomic E-state index is 10.4. The third kappa shape index (κ3) is 3.21. The van der Waals surface area contributed by atoms with E-state index in [4.69, 9.17) is 5.73 Å². The van der Waals surface area contributed by atoms with E-state index in [9.17, 15) is 4.79 Å². The molecule has 1 heterocycles. The highest BCUT2D eigenvalue weighted by Crippen LogP contribution is 2.42. The minimum absolute atomic E-state index is 0.337. The average molecular weight is 240 g/mol. The number of nitrogens with two attached hydrogens (primary N) is 1. The smallest absolute Gasteiger partial charge is 0.404 e. The van der Waals surface area contributed by atoms with Crippen molar-refractivity contribution in [1.29, 1.82) is 0 Å². The van der Waals surface area contributed by atoms with E-state index < -0.39 is 6.09 Å². The summed E-state index contributed by atoms with van der Waals surface area (Å²) in [6, 6.07) is 4.63. The van der Waals surface area contributed by atoms with Crippen LogP contribution in [0, 0.1) is 5.92 Å². The van der Waals surface area contributed by atoms with Crippen LogP contribution in [0.4, 0.5) is 4.79 Å². The second-order valence-electron chi connectivity index (χ2n) is 3.95. The van der Waals surface area contributed by atoms with Crippen molar-refractivity contribution >= 4 is 17.4 Å². The van der Waals surface area contributed by atoms with Gasteiger partial charge < -0.3 is 15.8 Å². The fraction of sp³-hybridized carbons (Fsp3) is 0.545. The zero-order valence-corrected chi connectivity index (χ0v) is 9.83. The monoisotopic (exact) mass is 240 g/mol. The molecule has 1 amide bonds. The molecule has 0 aliphatic heterocycles. The van der Waals surface area contributed by atoms with Gasteiger partial charge in [-0.3, -0.25) is 0 Å². The first-order valence-electron chi connectivity index (χ1n) is 5.46. The van der Waals surface area contributed by atoms with Gasteiger partial charge in [-0.1, -0.05) is 6.07 Å². The molecule has 4 nitrogen and oxygen atoms in total. The van der Waals surface area contributed by atoms with Gasteiger partial charge in [-0.15, -0.1) is 11.3 Å². The number of carbonyl (C=O) groups excluding carboxylic acids is 1. The van der Waals surface area contributed by atoms with E-state index in [0.717, 1.165) is 5.92 Å². The number of hydrogen-bond acceptors (Lipinski definition) is 4. The maximum absolute atomic E-state index is 10.4. The van der Waals surface area contributed by atoms with Crippen molar-refractivity contribution < 1.29 is 9.53 Å². The van der Waals surface area contributed by atoms with Crippen LogP contribution in [0.2, 0.25) is 0 Å². The van der Waals surface area contributed by atoms with Crippen LogP contribution < -0.4 is 11.1 Å². The van der Waals surface area contributed by atoms with Gasteiger partial charge in [-0.25, -0.2) is 4.79 Å². The molecule has 1 saturated carbocycles. The molecule has 3 N–H and O–H groups in total. The van der Waals surface area contributed by atoms with Crippen LogP contribution in [0.3, 0.4) is 0 Å². The summed E-state index contributed by atoms with van der Waals surface area (Å²) in [4.78, 5) is 11.8. The van der Waals surface area contributed by atoms with E-state index in [1.807, 2.05) is 0 Å². The lowest BCUT2D eigenvalue weighted by Crippen LogP contribution is -2.28. The Morgan fingerprint density at radius 2 is 2.50 bits per heavy atom. The van der Waals surface area contributed by atoms with E-state index in [-0.39, 0.29) is 0 Å². The molecule has 2 rings (SSSR count). The molecule has 16 heavy (non-hydrogen) atoms. The number of carbonyl (C=O) groups is 1. The number of nitrogens with one attached hydrogen (secondary N) is 1. The highest BCUT2D eigenvalue weighted by molar-refractivity contribution is 7.10. The predicted molar refractivity (Wildman–Crippen MR) is 63.3 cm³/mol. The lowest BCUT2D eigenvalue weighted by atomic mass is 10.1. The van der Waals surface area contributed by atoms with Crippen molar-refractivity contribution in [3.8, 4) is 0 Å². The molecule has 1 unspecified atom stereocenters. The van der Waals surface area contributed by atoms with Crippen LogP contribution in [-0.4, -0.2) is 19.2 Å². The summed E-state index contributed by atoms with van der Waals surface area (Å²) in [6.45, 7) is 0.992. The zero-order chi connectivity index (χ0) is 11.4. The molecule has 0 radical (unpaired) electrons. The first kappa shape index (κ1) is 11.4. The van der Waals surface area contributed by atoms with E-state index in [0.29, 0.717) is 19.2 Å². The van der Waals surface area contributed by atoms with Gasteiger partial charge in [0.15, 0.2) is 0 Å². The standard InChI is InChI=1S/C11H16N2O2S/c12-11(14)15-6-5-13-10(8-3-4-8)9-2-1-7-16-9/h1-2,7-8,10,13H,3-6H2,(H2,12,14).